The van der Waals surface area contributed by atoms with Crippen molar-refractivity contribution in [1.29, 1.82) is 0 Å². The zero-order valence-corrected chi connectivity index (χ0v) is 18.3. The number of aliphatic imine (C=N–C) groups is 1. The Labute approximate surface area is 171 Å². The van der Waals surface area contributed by atoms with Gasteiger partial charge in [-0.15, -0.1) is 10.2 Å². The van der Waals surface area contributed by atoms with Gasteiger partial charge >= 0.3 is 0 Å². The summed E-state index contributed by atoms with van der Waals surface area (Å²) >= 11 is 0. The van der Waals surface area contributed by atoms with E-state index >= 15 is 0 Å². The summed E-state index contributed by atoms with van der Waals surface area (Å²) < 4.78 is 2.36. The van der Waals surface area contributed by atoms with Crippen molar-refractivity contribution in [3.8, 4) is 0 Å². The van der Waals surface area contributed by atoms with Gasteiger partial charge in [0.2, 0.25) is 0 Å². The number of fused-ring (bicyclic) bond motifs is 1. The van der Waals surface area contributed by atoms with Crippen LogP contribution in [-0.4, -0.2) is 51.8 Å². The van der Waals surface area contributed by atoms with Gasteiger partial charge in [-0.3, -0.25) is 4.99 Å². The molecule has 0 saturated carbocycles. The molecule has 1 unspecified atom stereocenters. The Balaban J connectivity index is 1.52. The molecule has 2 aliphatic rings. The quantitative estimate of drug-likeness (QED) is 0.419. The van der Waals surface area contributed by atoms with Crippen LogP contribution in [0.1, 0.15) is 77.4 Å². The lowest BCUT2D eigenvalue weighted by molar-refractivity contribution is 0.319. The maximum Gasteiger partial charge on any atom is 0.193 e. The van der Waals surface area contributed by atoms with E-state index in [-0.39, 0.29) is 0 Å². The van der Waals surface area contributed by atoms with Crippen molar-refractivity contribution in [3.05, 3.63) is 11.6 Å². The fraction of sp³-hybridized carbons (Fsp3) is 0.864. The molecule has 0 aromatic carbocycles. The molecule has 3 rings (SSSR count). The minimum Gasteiger partial charge on any atom is -0.357 e. The zero-order valence-electron chi connectivity index (χ0n) is 18.3. The largest absolute Gasteiger partial charge is 0.357 e. The smallest absolute Gasteiger partial charge is 0.193 e. The Morgan fingerprint density at radius 3 is 2.79 bits per heavy atom. The highest BCUT2D eigenvalue weighted by molar-refractivity contribution is 5.80. The van der Waals surface area contributed by atoms with E-state index in [1.807, 2.05) is 0 Å². The van der Waals surface area contributed by atoms with Crippen LogP contribution in [0.5, 0.6) is 0 Å². The van der Waals surface area contributed by atoms with Gasteiger partial charge < -0.3 is 14.8 Å². The van der Waals surface area contributed by atoms with Crippen molar-refractivity contribution < 1.29 is 0 Å². The predicted octanol–water partition coefficient (Wildman–Crippen LogP) is 3.66. The molecule has 6 nitrogen and oxygen atoms in total. The lowest BCUT2D eigenvalue weighted by atomic mass is 9.87. The molecule has 2 aliphatic heterocycles. The second kappa shape index (κ2) is 10.8. The molecule has 3 heterocycles. The summed E-state index contributed by atoms with van der Waals surface area (Å²) in [7, 11) is 0. The molecule has 1 fully saturated rings. The maximum absolute atomic E-state index is 4.94. The zero-order chi connectivity index (χ0) is 19.8. The number of aryl methyl sites for hydroxylation is 2. The number of rotatable bonds is 8. The Morgan fingerprint density at radius 2 is 2.00 bits per heavy atom. The molecule has 6 heteroatoms. The van der Waals surface area contributed by atoms with Gasteiger partial charge in [0.05, 0.1) is 0 Å². The number of aromatic nitrogens is 3. The number of nitrogens with one attached hydrogen (secondary N) is 1. The third-order valence-electron chi connectivity index (χ3n) is 6.58. The third-order valence-corrected chi connectivity index (χ3v) is 6.58. The van der Waals surface area contributed by atoms with Crippen LogP contribution >= 0.6 is 0 Å². The van der Waals surface area contributed by atoms with Crippen molar-refractivity contribution in [2.45, 2.75) is 85.1 Å². The van der Waals surface area contributed by atoms with Gasteiger partial charge in [0, 0.05) is 45.6 Å². The number of likely N-dealkylation sites (tertiary alicyclic amines) is 1. The molecule has 1 saturated heterocycles. The second-order valence-corrected chi connectivity index (χ2v) is 8.41. The van der Waals surface area contributed by atoms with E-state index in [1.54, 1.807) is 0 Å². The lowest BCUT2D eigenvalue weighted by Crippen LogP contribution is -2.40. The van der Waals surface area contributed by atoms with E-state index in [9.17, 15) is 0 Å². The third kappa shape index (κ3) is 5.26. The van der Waals surface area contributed by atoms with Gasteiger partial charge in [-0.2, -0.15) is 0 Å². The molecular formula is C22H40N6. The van der Waals surface area contributed by atoms with Crippen LogP contribution in [0.25, 0.3) is 0 Å². The summed E-state index contributed by atoms with van der Waals surface area (Å²) in [5.74, 6) is 5.14. The fourth-order valence-corrected chi connectivity index (χ4v) is 4.90. The minimum absolute atomic E-state index is 0.824. The number of guanidine groups is 1. The highest BCUT2D eigenvalue weighted by Gasteiger charge is 2.29. The first kappa shape index (κ1) is 21.1. The fourth-order valence-electron chi connectivity index (χ4n) is 4.90. The molecule has 0 spiro atoms. The first-order chi connectivity index (χ1) is 13.8. The first-order valence-corrected chi connectivity index (χ1v) is 11.7. The Hall–Kier alpha value is -1.59. The van der Waals surface area contributed by atoms with Gasteiger partial charge in [0.1, 0.15) is 11.6 Å². The van der Waals surface area contributed by atoms with Crippen LogP contribution in [0.4, 0.5) is 0 Å². The Kier molecular flexibility index (Phi) is 8.16. The molecule has 0 aliphatic carbocycles. The lowest BCUT2D eigenvalue weighted by Gasteiger charge is -2.24. The van der Waals surface area contributed by atoms with Gasteiger partial charge in [0.15, 0.2) is 5.96 Å². The van der Waals surface area contributed by atoms with Gasteiger partial charge in [0.25, 0.3) is 0 Å². The average molecular weight is 389 g/mol. The predicted molar refractivity (Wildman–Crippen MR) is 116 cm³/mol. The Morgan fingerprint density at radius 1 is 1.14 bits per heavy atom. The molecule has 1 N–H and O–H groups in total. The standard InChI is InChI=1S/C22H40N6/c1-4-18(5-2)19-13-16-27(17-19)22(23-6-3)24-14-10-12-21-26-25-20-11-8-7-9-15-28(20)21/h18-19H,4-17H2,1-3H3,(H,23,24). The SMILES string of the molecule is CCNC(=NCCCc1nnc2n1CCCCC2)N1CCC(C(CC)CC)C1. The summed E-state index contributed by atoms with van der Waals surface area (Å²) in [4.78, 5) is 7.43. The highest BCUT2D eigenvalue weighted by atomic mass is 15.3. The van der Waals surface area contributed by atoms with Crippen LogP contribution in [0.2, 0.25) is 0 Å². The summed E-state index contributed by atoms with van der Waals surface area (Å²) in [5.41, 5.74) is 0. The topological polar surface area (TPSA) is 58.3 Å². The van der Waals surface area contributed by atoms with E-state index in [0.717, 1.165) is 75.6 Å². The number of nitrogens with zero attached hydrogens (tertiary/aromatic N) is 5. The average Bonchev–Trinajstić information content (AvgIpc) is 3.27. The molecule has 0 radical (unpaired) electrons. The highest BCUT2D eigenvalue weighted by Crippen LogP contribution is 2.28. The normalized spacial score (nSPS) is 20.5. The van der Waals surface area contributed by atoms with E-state index < -0.39 is 0 Å². The Bertz CT molecular complexity index is 619. The molecule has 1 atom stereocenters. The molecule has 1 aromatic rings. The van der Waals surface area contributed by atoms with Gasteiger partial charge in [-0.25, -0.2) is 0 Å². The molecule has 28 heavy (non-hydrogen) atoms. The monoisotopic (exact) mass is 388 g/mol. The van der Waals surface area contributed by atoms with Crippen molar-refractivity contribution in [2.75, 3.05) is 26.2 Å². The first-order valence-electron chi connectivity index (χ1n) is 11.7. The summed E-state index contributed by atoms with van der Waals surface area (Å²) in [6.07, 6.45) is 10.8. The van der Waals surface area contributed by atoms with E-state index in [0.29, 0.717) is 0 Å². The van der Waals surface area contributed by atoms with Crippen molar-refractivity contribution in [2.24, 2.45) is 16.8 Å². The van der Waals surface area contributed by atoms with Gasteiger partial charge in [-0.1, -0.05) is 33.1 Å². The molecule has 0 bridgehead atoms. The van der Waals surface area contributed by atoms with Crippen molar-refractivity contribution in [1.82, 2.24) is 25.0 Å². The van der Waals surface area contributed by atoms with Crippen molar-refractivity contribution >= 4 is 5.96 Å². The van der Waals surface area contributed by atoms with Crippen molar-refractivity contribution in [3.63, 3.8) is 0 Å². The molecule has 0 amide bonds. The molecule has 158 valence electrons. The van der Waals surface area contributed by atoms with E-state index in [2.05, 4.69) is 45.8 Å². The van der Waals surface area contributed by atoms with Crippen LogP contribution < -0.4 is 5.32 Å². The second-order valence-electron chi connectivity index (χ2n) is 8.41. The number of hydrogen-bond acceptors (Lipinski definition) is 3. The van der Waals surface area contributed by atoms with Crippen LogP contribution in [0.15, 0.2) is 4.99 Å². The summed E-state index contributed by atoms with van der Waals surface area (Å²) in [6.45, 7) is 12.0. The van der Waals surface area contributed by atoms with E-state index in [1.165, 1.54) is 44.3 Å². The number of hydrogen-bond donors (Lipinski definition) is 1. The summed E-state index contributed by atoms with van der Waals surface area (Å²) in [6, 6.07) is 0. The summed E-state index contributed by atoms with van der Waals surface area (Å²) in [5, 5.41) is 12.4. The van der Waals surface area contributed by atoms with Crippen LogP contribution in [-0.2, 0) is 19.4 Å². The minimum atomic E-state index is 0.824. The van der Waals surface area contributed by atoms with Gasteiger partial charge in [-0.05, 0) is 44.4 Å². The van der Waals surface area contributed by atoms with E-state index in [4.69, 9.17) is 4.99 Å². The maximum atomic E-state index is 4.94. The molecule has 1 aromatic heterocycles. The van der Waals surface area contributed by atoms with Crippen LogP contribution in [0, 0.1) is 11.8 Å². The van der Waals surface area contributed by atoms with Crippen LogP contribution in [0.3, 0.4) is 0 Å². The molecular weight excluding hydrogens is 348 g/mol.